The van der Waals surface area contributed by atoms with Crippen LogP contribution in [0.1, 0.15) is 53.9 Å². The van der Waals surface area contributed by atoms with Crippen LogP contribution in [0.2, 0.25) is 0 Å². The number of hydrogen-bond donors (Lipinski definition) is 2. The third-order valence-corrected chi connectivity index (χ3v) is 7.66. The molecule has 2 N–H and O–H groups in total. The summed E-state index contributed by atoms with van der Waals surface area (Å²) in [6.45, 7) is 10.1. The van der Waals surface area contributed by atoms with Gasteiger partial charge in [-0.05, 0) is 48.3 Å². The Kier molecular flexibility index (Phi) is 10.2. The molecule has 0 saturated carbocycles. The van der Waals surface area contributed by atoms with E-state index in [1.54, 1.807) is 0 Å². The van der Waals surface area contributed by atoms with Gasteiger partial charge in [-0.15, -0.1) is 4.89 Å². The van der Waals surface area contributed by atoms with E-state index in [2.05, 4.69) is 36.4 Å². The fraction of sp³-hybridized carbons (Fsp3) is 0.783. The maximum Gasteiger partial charge on any atom is 0.725 e. The van der Waals surface area contributed by atoms with Crippen molar-refractivity contribution in [3.63, 3.8) is 0 Å². The molecular formula is C23H37NO8P+. The Hall–Kier alpha value is -1.67. The van der Waals surface area contributed by atoms with Crippen LogP contribution in [-0.4, -0.2) is 45.8 Å². The highest BCUT2D eigenvalue weighted by atomic mass is 31.1. The number of likely N-dealkylation sites (tertiary alicyclic amines) is 1. The molecule has 1 aliphatic carbocycles. The molecule has 0 radical (unpaired) electrons. The van der Waals surface area contributed by atoms with Crippen molar-refractivity contribution >= 4 is 26.0 Å². The molecule has 0 aromatic carbocycles. The second kappa shape index (κ2) is 12.2. The van der Waals surface area contributed by atoms with E-state index >= 15 is 0 Å². The summed E-state index contributed by atoms with van der Waals surface area (Å²) in [6.07, 6.45) is 5.60. The first-order valence-corrected chi connectivity index (χ1v) is 12.8. The molecule has 8 atom stereocenters. The summed E-state index contributed by atoms with van der Waals surface area (Å²) in [7, 11) is -2.93. The lowest BCUT2D eigenvalue weighted by molar-refractivity contribution is -0.209. The normalized spacial score (nSPS) is 28.1. The lowest BCUT2D eigenvalue weighted by atomic mass is 9.66. The highest BCUT2D eigenvalue weighted by Gasteiger charge is 2.54. The summed E-state index contributed by atoms with van der Waals surface area (Å²) < 4.78 is 14.8. The van der Waals surface area contributed by atoms with Gasteiger partial charge >= 0.3 is 14.2 Å². The molecule has 2 aliphatic rings. The van der Waals surface area contributed by atoms with Gasteiger partial charge in [-0.3, -0.25) is 19.3 Å². The summed E-state index contributed by atoms with van der Waals surface area (Å²) in [4.78, 5) is 52.3. The average Bonchev–Trinajstić information content (AvgIpc) is 2.97. The number of imide groups is 1. The van der Waals surface area contributed by atoms with Crippen LogP contribution in [0.4, 0.5) is 0 Å². The van der Waals surface area contributed by atoms with E-state index in [-0.39, 0.29) is 55.1 Å². The molecule has 9 nitrogen and oxygen atoms in total. The number of aliphatic carboxylic acids is 1. The Morgan fingerprint density at radius 3 is 1.97 bits per heavy atom. The van der Waals surface area contributed by atoms with Crippen LogP contribution in [0.15, 0.2) is 12.2 Å². The first-order chi connectivity index (χ1) is 15.4. The van der Waals surface area contributed by atoms with Gasteiger partial charge in [0.05, 0.1) is 23.1 Å². The van der Waals surface area contributed by atoms with Crippen molar-refractivity contribution < 1.29 is 38.5 Å². The molecule has 2 amide bonds. The van der Waals surface area contributed by atoms with Crippen molar-refractivity contribution in [3.05, 3.63) is 12.2 Å². The van der Waals surface area contributed by atoms with Crippen LogP contribution in [-0.2, 0) is 28.5 Å². The number of fused-ring (bicyclic) bond motifs is 1. The van der Waals surface area contributed by atoms with Gasteiger partial charge < -0.3 is 5.11 Å². The molecule has 0 bridgehead atoms. The minimum atomic E-state index is -2.93. The van der Waals surface area contributed by atoms with Gasteiger partial charge in [0.15, 0.2) is 0 Å². The molecule has 0 aromatic heterocycles. The topological polar surface area (TPSA) is 130 Å². The minimum absolute atomic E-state index is 0.0534. The van der Waals surface area contributed by atoms with Gasteiger partial charge in [0, 0.05) is 11.0 Å². The van der Waals surface area contributed by atoms with Crippen molar-refractivity contribution in [1.82, 2.24) is 4.90 Å². The highest BCUT2D eigenvalue weighted by molar-refractivity contribution is 7.31. The van der Waals surface area contributed by atoms with Crippen molar-refractivity contribution in [2.45, 2.75) is 53.9 Å². The molecule has 10 heteroatoms. The van der Waals surface area contributed by atoms with Gasteiger partial charge in [-0.25, -0.2) is 0 Å². The maximum atomic E-state index is 13.4. The molecule has 1 fully saturated rings. The zero-order valence-corrected chi connectivity index (χ0v) is 20.9. The number of rotatable bonds is 13. The smallest absolute Gasteiger partial charge is 0.481 e. The second-order valence-electron chi connectivity index (χ2n) is 9.97. The third kappa shape index (κ3) is 7.15. The first kappa shape index (κ1) is 27.6. The van der Waals surface area contributed by atoms with Crippen molar-refractivity contribution in [2.75, 3.05) is 13.2 Å². The molecular weight excluding hydrogens is 449 g/mol. The van der Waals surface area contributed by atoms with Crippen LogP contribution >= 0.6 is 8.25 Å². The zero-order chi connectivity index (χ0) is 24.9. The largest absolute Gasteiger partial charge is 0.725 e. The molecule has 0 aromatic rings. The van der Waals surface area contributed by atoms with E-state index in [0.717, 1.165) is 6.42 Å². The number of nitrogens with zero attached hydrogens (tertiary/aromatic N) is 1. The van der Waals surface area contributed by atoms with Crippen LogP contribution in [0.25, 0.3) is 0 Å². The monoisotopic (exact) mass is 486 g/mol. The van der Waals surface area contributed by atoms with Crippen LogP contribution in [0.3, 0.4) is 0 Å². The Labute approximate surface area is 196 Å². The highest BCUT2D eigenvalue weighted by Crippen LogP contribution is 2.46. The predicted octanol–water partition coefficient (Wildman–Crippen LogP) is 3.81. The summed E-state index contributed by atoms with van der Waals surface area (Å²) in [5.41, 5.74) is 0. The number of carboxylic acid groups (broad SMARTS) is 1. The van der Waals surface area contributed by atoms with Crippen LogP contribution in [0.5, 0.6) is 0 Å². The summed E-state index contributed by atoms with van der Waals surface area (Å²) in [5.74, 6) is -1.70. The van der Waals surface area contributed by atoms with Gasteiger partial charge in [0.25, 0.3) is 0 Å². The lowest BCUT2D eigenvalue weighted by Gasteiger charge is -2.35. The number of carboxylic acids is 1. The van der Waals surface area contributed by atoms with E-state index in [1.807, 2.05) is 19.9 Å². The minimum Gasteiger partial charge on any atom is -0.481 e. The van der Waals surface area contributed by atoms with E-state index < -0.39 is 26.1 Å². The average molecular weight is 487 g/mol. The Bertz CT molecular complexity index is 770. The van der Waals surface area contributed by atoms with Gasteiger partial charge in [0.1, 0.15) is 6.61 Å². The molecule has 1 saturated heterocycles. The molecule has 33 heavy (non-hydrogen) atoms. The summed E-state index contributed by atoms with van der Waals surface area (Å²) in [5, 5.41) is 9.13. The van der Waals surface area contributed by atoms with Gasteiger partial charge in [-0.1, -0.05) is 46.8 Å². The number of hydrogen-bond acceptors (Lipinski definition) is 6. The van der Waals surface area contributed by atoms with Crippen molar-refractivity contribution in [3.8, 4) is 0 Å². The summed E-state index contributed by atoms with van der Waals surface area (Å²) in [6, 6.07) is 0. The van der Waals surface area contributed by atoms with Crippen LogP contribution in [0, 0.1) is 47.3 Å². The Morgan fingerprint density at radius 2 is 1.52 bits per heavy atom. The van der Waals surface area contributed by atoms with E-state index in [0.29, 0.717) is 18.3 Å². The number of carbonyl (C=O) groups excluding carboxylic acids is 2. The predicted molar refractivity (Wildman–Crippen MR) is 120 cm³/mol. The second-order valence-corrected chi connectivity index (χ2v) is 10.6. The standard InChI is InChI=1S/C23H36NO8P/c1-13(2)14(3)10-17-6-7-18(11-15(4)16(5)12-19(25)26)21-20(17)22(27)24(23(21)28)8-9-31-32-33(29)30/h6-7,13-18,20-21H,8-12H2,1-5H3,(H-,25,26,29,30)/p+1. The number of amides is 2. The quantitative estimate of drug-likeness (QED) is 0.100. The van der Waals surface area contributed by atoms with Crippen LogP contribution < -0.4 is 0 Å². The molecule has 8 unspecified atom stereocenters. The fourth-order valence-corrected chi connectivity index (χ4v) is 5.09. The molecule has 2 rings (SSSR count). The Morgan fingerprint density at radius 1 is 1.00 bits per heavy atom. The molecule has 0 spiro atoms. The molecule has 1 aliphatic heterocycles. The fourth-order valence-electron chi connectivity index (χ4n) is 4.92. The number of carbonyl (C=O) groups is 3. The maximum absolute atomic E-state index is 13.4. The third-order valence-electron chi connectivity index (χ3n) is 7.43. The van der Waals surface area contributed by atoms with Gasteiger partial charge in [-0.2, -0.15) is 4.89 Å². The summed E-state index contributed by atoms with van der Waals surface area (Å²) >= 11 is 0. The van der Waals surface area contributed by atoms with Gasteiger partial charge in [0.2, 0.25) is 11.8 Å². The van der Waals surface area contributed by atoms with E-state index in [4.69, 9.17) is 10.00 Å². The Balaban J connectivity index is 2.22. The van der Waals surface area contributed by atoms with E-state index in [9.17, 15) is 18.9 Å². The lowest BCUT2D eigenvalue weighted by Crippen LogP contribution is -2.36. The van der Waals surface area contributed by atoms with Crippen molar-refractivity contribution in [2.24, 2.45) is 47.3 Å². The molecule has 1 heterocycles. The van der Waals surface area contributed by atoms with E-state index in [1.165, 1.54) is 4.90 Å². The zero-order valence-electron chi connectivity index (χ0n) is 20.0. The molecule has 186 valence electrons. The first-order valence-electron chi connectivity index (χ1n) is 11.6. The van der Waals surface area contributed by atoms with Crippen molar-refractivity contribution in [1.29, 1.82) is 0 Å². The SMILES string of the molecule is CC(C)C(C)CC1C=CC(CC(C)C(C)CC(=O)O)C2C(=O)N(CCOO[P+](=O)O)C(=O)C12. The number of allylic oxidation sites excluding steroid dienone is 2.